The molecule has 2 rings (SSSR count). The highest BCUT2D eigenvalue weighted by Gasteiger charge is 2.11. The lowest BCUT2D eigenvalue weighted by Crippen LogP contribution is -2.15. The highest BCUT2D eigenvalue weighted by molar-refractivity contribution is 8.01. The van der Waals surface area contributed by atoms with Crippen molar-refractivity contribution in [2.75, 3.05) is 16.4 Å². The third kappa shape index (κ3) is 4.74. The summed E-state index contributed by atoms with van der Waals surface area (Å²) in [7, 11) is 0. The molecule has 1 heterocycles. The molecular weight excluding hydrogens is 334 g/mol. The highest BCUT2D eigenvalue weighted by atomic mass is 32.2. The smallest absolute Gasteiger partial charge is 0.234 e. The van der Waals surface area contributed by atoms with E-state index in [2.05, 4.69) is 20.8 Å². The minimum atomic E-state index is -0.845. The van der Waals surface area contributed by atoms with E-state index in [0.29, 0.717) is 15.5 Å². The molecule has 0 aliphatic carbocycles. The molecule has 2 aromatic rings. The Labute approximate surface area is 132 Å². The Kier molecular flexibility index (Phi) is 5.39. The van der Waals surface area contributed by atoms with Crippen molar-refractivity contribution in [1.29, 1.82) is 0 Å². The molecule has 0 saturated carbocycles. The molecule has 6 nitrogen and oxygen atoms in total. The Morgan fingerprint density at radius 1 is 1.27 bits per heavy atom. The second-order valence-electron chi connectivity index (χ2n) is 4.02. The third-order valence-corrected chi connectivity index (χ3v) is 4.19. The van der Waals surface area contributed by atoms with Crippen LogP contribution in [0.25, 0.3) is 0 Å². The maximum Gasteiger partial charge on any atom is 0.234 e. The van der Waals surface area contributed by atoms with Crippen molar-refractivity contribution < 1.29 is 18.4 Å². The van der Waals surface area contributed by atoms with Crippen molar-refractivity contribution in [2.24, 2.45) is 0 Å². The summed E-state index contributed by atoms with van der Waals surface area (Å²) in [5, 5.41) is 12.7. The zero-order chi connectivity index (χ0) is 16.1. The van der Waals surface area contributed by atoms with Crippen LogP contribution in [0.3, 0.4) is 0 Å². The van der Waals surface area contributed by atoms with Crippen LogP contribution < -0.4 is 10.6 Å². The molecule has 0 atom stereocenters. The van der Waals surface area contributed by atoms with Crippen LogP contribution in [-0.4, -0.2) is 27.8 Å². The number of nitrogens with zero attached hydrogens (tertiary/aromatic N) is 2. The molecule has 22 heavy (non-hydrogen) atoms. The number of hydrogen-bond acceptors (Lipinski definition) is 6. The van der Waals surface area contributed by atoms with Gasteiger partial charge in [0.15, 0.2) is 4.34 Å². The van der Waals surface area contributed by atoms with Gasteiger partial charge < -0.3 is 10.6 Å². The summed E-state index contributed by atoms with van der Waals surface area (Å²) in [5.74, 6) is -2.32. The van der Waals surface area contributed by atoms with E-state index < -0.39 is 17.5 Å². The Morgan fingerprint density at radius 2 is 2.05 bits per heavy atom. The summed E-state index contributed by atoms with van der Waals surface area (Å²) < 4.78 is 26.6. The molecule has 1 aromatic carbocycles. The normalized spacial score (nSPS) is 10.3. The average Bonchev–Trinajstić information content (AvgIpc) is 2.86. The van der Waals surface area contributed by atoms with Crippen molar-refractivity contribution in [3.8, 4) is 0 Å². The monoisotopic (exact) mass is 344 g/mol. The number of nitrogens with one attached hydrogen (secondary N) is 2. The van der Waals surface area contributed by atoms with Gasteiger partial charge in [-0.1, -0.05) is 23.1 Å². The second kappa shape index (κ2) is 7.27. The number of carbonyl (C=O) groups is 2. The fraction of sp³-hybridized carbons (Fsp3) is 0.167. The number of benzene rings is 1. The minimum Gasteiger partial charge on any atom is -0.323 e. The van der Waals surface area contributed by atoms with Gasteiger partial charge in [-0.15, -0.1) is 10.2 Å². The van der Waals surface area contributed by atoms with E-state index in [0.717, 1.165) is 35.2 Å². The SMILES string of the molecule is CC(=O)Nc1nnc(SCC(=O)Nc2ccc(F)cc2F)s1. The van der Waals surface area contributed by atoms with Crippen molar-refractivity contribution in [1.82, 2.24) is 10.2 Å². The number of halogens is 2. The van der Waals surface area contributed by atoms with Crippen LogP contribution in [0.15, 0.2) is 22.5 Å². The summed E-state index contributed by atoms with van der Waals surface area (Å²) >= 11 is 2.21. The largest absolute Gasteiger partial charge is 0.323 e. The van der Waals surface area contributed by atoms with E-state index in [9.17, 15) is 18.4 Å². The number of hydrogen-bond donors (Lipinski definition) is 2. The Hall–Kier alpha value is -2.07. The van der Waals surface area contributed by atoms with Gasteiger partial charge in [-0.3, -0.25) is 9.59 Å². The fourth-order valence-electron chi connectivity index (χ4n) is 1.37. The molecule has 0 unspecified atom stereocenters. The molecule has 2 N–H and O–H groups in total. The van der Waals surface area contributed by atoms with Gasteiger partial charge >= 0.3 is 0 Å². The quantitative estimate of drug-likeness (QED) is 0.643. The Morgan fingerprint density at radius 3 is 2.73 bits per heavy atom. The van der Waals surface area contributed by atoms with Crippen LogP contribution in [0.1, 0.15) is 6.92 Å². The number of carbonyl (C=O) groups excluding carboxylic acids is 2. The van der Waals surface area contributed by atoms with Crippen LogP contribution in [0.4, 0.5) is 19.6 Å². The van der Waals surface area contributed by atoms with E-state index in [1.807, 2.05) is 0 Å². The van der Waals surface area contributed by atoms with Crippen LogP contribution in [-0.2, 0) is 9.59 Å². The van der Waals surface area contributed by atoms with Crippen LogP contribution in [0.5, 0.6) is 0 Å². The Balaban J connectivity index is 1.87. The molecular formula is C12H10F2N4O2S2. The van der Waals surface area contributed by atoms with Gasteiger partial charge in [-0.25, -0.2) is 8.78 Å². The van der Waals surface area contributed by atoms with Gasteiger partial charge in [0.1, 0.15) is 11.6 Å². The van der Waals surface area contributed by atoms with Crippen molar-refractivity contribution in [3.63, 3.8) is 0 Å². The molecule has 0 aliphatic rings. The third-order valence-electron chi connectivity index (χ3n) is 2.22. The van der Waals surface area contributed by atoms with E-state index >= 15 is 0 Å². The average molecular weight is 344 g/mol. The minimum absolute atomic E-state index is 0.0223. The van der Waals surface area contributed by atoms with Gasteiger partial charge in [0.2, 0.25) is 16.9 Å². The van der Waals surface area contributed by atoms with Gasteiger partial charge in [0, 0.05) is 13.0 Å². The molecule has 0 fully saturated rings. The molecule has 0 bridgehead atoms. The lowest BCUT2D eigenvalue weighted by Gasteiger charge is -2.05. The number of aromatic nitrogens is 2. The van der Waals surface area contributed by atoms with Gasteiger partial charge in [0.05, 0.1) is 11.4 Å². The molecule has 0 radical (unpaired) electrons. The predicted octanol–water partition coefficient (Wildman–Crippen LogP) is 2.51. The molecule has 1 aromatic heterocycles. The first-order valence-corrected chi connectivity index (χ1v) is 7.73. The van der Waals surface area contributed by atoms with E-state index in [4.69, 9.17) is 0 Å². The van der Waals surface area contributed by atoms with Gasteiger partial charge in [0.25, 0.3) is 0 Å². The zero-order valence-corrected chi connectivity index (χ0v) is 12.9. The summed E-state index contributed by atoms with van der Waals surface area (Å²) in [4.78, 5) is 22.5. The summed E-state index contributed by atoms with van der Waals surface area (Å²) in [6.07, 6.45) is 0. The Bertz CT molecular complexity index is 708. The van der Waals surface area contributed by atoms with Crippen LogP contribution in [0, 0.1) is 11.6 Å². The summed E-state index contributed by atoms with van der Waals surface area (Å²) in [6.45, 7) is 1.35. The lowest BCUT2D eigenvalue weighted by atomic mass is 10.3. The maximum absolute atomic E-state index is 13.4. The van der Waals surface area contributed by atoms with Crippen molar-refractivity contribution in [3.05, 3.63) is 29.8 Å². The topological polar surface area (TPSA) is 84.0 Å². The molecule has 0 aliphatic heterocycles. The molecule has 10 heteroatoms. The van der Waals surface area contributed by atoms with Crippen LogP contribution in [0.2, 0.25) is 0 Å². The number of thioether (sulfide) groups is 1. The number of anilines is 2. The molecule has 0 spiro atoms. The molecule has 2 amide bonds. The number of rotatable bonds is 5. The van der Waals surface area contributed by atoms with Crippen molar-refractivity contribution in [2.45, 2.75) is 11.3 Å². The highest BCUT2D eigenvalue weighted by Crippen LogP contribution is 2.25. The van der Waals surface area contributed by atoms with E-state index in [1.165, 1.54) is 6.92 Å². The summed E-state index contributed by atoms with van der Waals surface area (Å²) in [5.41, 5.74) is -0.0943. The standard InChI is InChI=1S/C12H10F2N4O2S2/c1-6(19)15-11-17-18-12(22-11)21-5-10(20)16-9-3-2-7(13)4-8(9)14/h2-4H,5H2,1H3,(H,16,20)(H,15,17,19). The number of amides is 2. The molecule has 116 valence electrons. The van der Waals surface area contributed by atoms with Crippen molar-refractivity contribution >= 4 is 45.7 Å². The lowest BCUT2D eigenvalue weighted by molar-refractivity contribution is -0.114. The second-order valence-corrected chi connectivity index (χ2v) is 6.22. The van der Waals surface area contributed by atoms with Gasteiger partial charge in [-0.05, 0) is 12.1 Å². The predicted molar refractivity (Wildman–Crippen MR) is 79.9 cm³/mol. The fourth-order valence-corrected chi connectivity index (χ4v) is 2.97. The van der Waals surface area contributed by atoms with Crippen LogP contribution >= 0.6 is 23.1 Å². The first-order chi connectivity index (χ1) is 10.4. The maximum atomic E-state index is 13.4. The van der Waals surface area contributed by atoms with E-state index in [-0.39, 0.29) is 17.3 Å². The first-order valence-electron chi connectivity index (χ1n) is 5.93. The van der Waals surface area contributed by atoms with E-state index in [1.54, 1.807) is 0 Å². The van der Waals surface area contributed by atoms with Gasteiger partial charge in [-0.2, -0.15) is 0 Å². The first kappa shape index (κ1) is 16.3. The zero-order valence-electron chi connectivity index (χ0n) is 11.2. The summed E-state index contributed by atoms with van der Waals surface area (Å²) in [6, 6.07) is 2.89. The molecule has 0 saturated heterocycles.